The monoisotopic (exact) mass is 447 g/mol. The summed E-state index contributed by atoms with van der Waals surface area (Å²) in [5.41, 5.74) is -3.14. The zero-order valence-corrected chi connectivity index (χ0v) is 16.3. The molecule has 0 saturated carbocycles. The van der Waals surface area contributed by atoms with Gasteiger partial charge in [0.1, 0.15) is 6.04 Å². The third-order valence-electron chi connectivity index (χ3n) is 4.44. The normalized spacial score (nSPS) is 12.9. The van der Waals surface area contributed by atoms with Gasteiger partial charge in [-0.2, -0.15) is 26.3 Å². The van der Waals surface area contributed by atoms with E-state index in [9.17, 15) is 35.9 Å². The molecule has 31 heavy (non-hydrogen) atoms. The summed E-state index contributed by atoms with van der Waals surface area (Å²) in [6, 6.07) is 8.48. The summed E-state index contributed by atoms with van der Waals surface area (Å²) in [7, 11) is 1.06. The molecular weight excluding hydrogens is 428 g/mol. The van der Waals surface area contributed by atoms with Gasteiger partial charge in [0.25, 0.3) is 5.91 Å². The van der Waals surface area contributed by atoms with Gasteiger partial charge in [0, 0.05) is 5.56 Å². The van der Waals surface area contributed by atoms with Gasteiger partial charge in [0.05, 0.1) is 18.2 Å². The van der Waals surface area contributed by atoms with Crippen molar-refractivity contribution < 1.29 is 40.7 Å². The Labute approximate surface area is 174 Å². The third kappa shape index (κ3) is 7.01. The molecule has 0 unspecified atom stereocenters. The molecule has 0 spiro atoms. The standard InChI is InChI=1S/C21H19F6NO3/c1-31-19(30)17(9-5-8-13-6-3-2-4-7-13)28-18(29)14-10-15(20(22,23)24)12-16(11-14)21(25,26)27/h2-4,6-7,10-12,17H,5,8-9H2,1H3,(H,28,29)/t17-/m1/s1. The van der Waals surface area contributed by atoms with Crippen LogP contribution in [0.15, 0.2) is 48.5 Å². The van der Waals surface area contributed by atoms with E-state index in [0.29, 0.717) is 25.0 Å². The van der Waals surface area contributed by atoms with Crippen molar-refractivity contribution in [2.45, 2.75) is 37.7 Å². The molecule has 0 aromatic heterocycles. The molecule has 1 N–H and O–H groups in total. The van der Waals surface area contributed by atoms with E-state index in [-0.39, 0.29) is 12.5 Å². The van der Waals surface area contributed by atoms with E-state index in [1.165, 1.54) is 0 Å². The number of carbonyl (C=O) groups is 2. The quantitative estimate of drug-likeness (QED) is 0.479. The lowest BCUT2D eigenvalue weighted by molar-refractivity contribution is -0.144. The van der Waals surface area contributed by atoms with Gasteiger partial charge in [-0.15, -0.1) is 0 Å². The molecular formula is C21H19F6NO3. The van der Waals surface area contributed by atoms with Crippen molar-refractivity contribution in [3.8, 4) is 0 Å². The molecule has 0 aliphatic rings. The largest absolute Gasteiger partial charge is 0.467 e. The molecule has 2 aromatic rings. The SMILES string of the molecule is COC(=O)[C@@H](CCCc1ccccc1)NC(=O)c1cc(C(F)(F)F)cc(C(F)(F)F)c1. The second-order valence-corrected chi connectivity index (χ2v) is 6.72. The van der Waals surface area contributed by atoms with Crippen LogP contribution in [0.3, 0.4) is 0 Å². The Bertz CT molecular complexity index is 877. The van der Waals surface area contributed by atoms with Crippen molar-refractivity contribution in [2.24, 2.45) is 0 Å². The number of amides is 1. The molecule has 1 amide bonds. The van der Waals surface area contributed by atoms with Crippen molar-refractivity contribution in [3.05, 3.63) is 70.8 Å². The molecule has 2 rings (SSSR count). The van der Waals surface area contributed by atoms with Crippen LogP contribution in [0, 0.1) is 0 Å². The second kappa shape index (κ2) is 9.84. The number of nitrogens with one attached hydrogen (secondary N) is 1. The predicted octanol–water partition coefficient (Wildman–Crippen LogP) is 5.02. The second-order valence-electron chi connectivity index (χ2n) is 6.72. The van der Waals surface area contributed by atoms with E-state index in [1.807, 2.05) is 30.3 Å². The van der Waals surface area contributed by atoms with Gasteiger partial charge in [0.2, 0.25) is 0 Å². The summed E-state index contributed by atoms with van der Waals surface area (Å²) in [4.78, 5) is 24.4. The van der Waals surface area contributed by atoms with E-state index in [0.717, 1.165) is 12.7 Å². The summed E-state index contributed by atoms with van der Waals surface area (Å²) in [5.74, 6) is -2.10. The van der Waals surface area contributed by atoms with Crippen molar-refractivity contribution >= 4 is 11.9 Å². The zero-order valence-electron chi connectivity index (χ0n) is 16.3. The fourth-order valence-electron chi connectivity index (χ4n) is 2.87. The van der Waals surface area contributed by atoms with Crippen LogP contribution in [0.2, 0.25) is 0 Å². The Hall–Kier alpha value is -3.04. The van der Waals surface area contributed by atoms with Crippen LogP contribution in [0.25, 0.3) is 0 Å². The number of rotatable bonds is 7. The number of alkyl halides is 6. The molecule has 4 nitrogen and oxygen atoms in total. The first-order chi connectivity index (χ1) is 14.4. The van der Waals surface area contributed by atoms with E-state index in [1.54, 1.807) is 0 Å². The third-order valence-corrected chi connectivity index (χ3v) is 4.44. The first-order valence-corrected chi connectivity index (χ1v) is 9.14. The van der Waals surface area contributed by atoms with E-state index < -0.39 is 47.0 Å². The summed E-state index contributed by atoms with van der Waals surface area (Å²) >= 11 is 0. The van der Waals surface area contributed by atoms with Gasteiger partial charge in [0.15, 0.2) is 0 Å². The summed E-state index contributed by atoms with van der Waals surface area (Å²) < 4.78 is 82.6. The zero-order chi connectivity index (χ0) is 23.2. The Kier molecular flexibility index (Phi) is 7.70. The van der Waals surface area contributed by atoms with E-state index >= 15 is 0 Å². The van der Waals surface area contributed by atoms with Gasteiger partial charge < -0.3 is 10.1 Å². The molecule has 0 aliphatic carbocycles. The Morgan fingerprint density at radius 2 is 1.48 bits per heavy atom. The van der Waals surface area contributed by atoms with Crippen molar-refractivity contribution in [3.63, 3.8) is 0 Å². The number of carbonyl (C=O) groups excluding carboxylic acids is 2. The molecule has 0 aliphatic heterocycles. The average Bonchev–Trinajstić information content (AvgIpc) is 2.71. The number of aryl methyl sites for hydroxylation is 1. The highest BCUT2D eigenvalue weighted by atomic mass is 19.4. The van der Waals surface area contributed by atoms with Crippen LogP contribution in [-0.4, -0.2) is 25.0 Å². The molecule has 0 heterocycles. The molecule has 0 radical (unpaired) electrons. The highest BCUT2D eigenvalue weighted by Crippen LogP contribution is 2.36. The maximum Gasteiger partial charge on any atom is 0.416 e. The van der Waals surface area contributed by atoms with E-state index in [4.69, 9.17) is 0 Å². The van der Waals surface area contributed by atoms with Crippen LogP contribution in [0.5, 0.6) is 0 Å². The van der Waals surface area contributed by atoms with Crippen LogP contribution in [0.1, 0.15) is 39.9 Å². The first-order valence-electron chi connectivity index (χ1n) is 9.14. The number of benzene rings is 2. The molecule has 1 atom stereocenters. The molecule has 0 bridgehead atoms. The summed E-state index contributed by atoms with van der Waals surface area (Å²) in [6.45, 7) is 0. The van der Waals surface area contributed by atoms with Crippen molar-refractivity contribution in [1.82, 2.24) is 5.32 Å². The Morgan fingerprint density at radius 1 is 0.935 bits per heavy atom. The van der Waals surface area contributed by atoms with Crippen molar-refractivity contribution in [2.75, 3.05) is 7.11 Å². The smallest absolute Gasteiger partial charge is 0.416 e. The maximum absolute atomic E-state index is 13.0. The van der Waals surface area contributed by atoms with Gasteiger partial charge >= 0.3 is 18.3 Å². The number of hydrogen-bond donors (Lipinski definition) is 1. The molecule has 10 heteroatoms. The lowest BCUT2D eigenvalue weighted by atomic mass is 10.0. The number of esters is 1. The minimum atomic E-state index is -5.09. The topological polar surface area (TPSA) is 55.4 Å². The molecule has 168 valence electrons. The Balaban J connectivity index is 2.21. The molecule has 0 saturated heterocycles. The predicted molar refractivity (Wildman–Crippen MR) is 99.1 cm³/mol. The summed E-state index contributed by atoms with van der Waals surface area (Å²) in [5, 5.41) is 2.18. The van der Waals surface area contributed by atoms with Gasteiger partial charge in [-0.25, -0.2) is 4.79 Å². The fraction of sp³-hybridized carbons (Fsp3) is 0.333. The van der Waals surface area contributed by atoms with E-state index in [2.05, 4.69) is 10.1 Å². The van der Waals surface area contributed by atoms with Crippen LogP contribution < -0.4 is 5.32 Å². The number of methoxy groups -OCH3 is 1. The molecule has 2 aromatic carbocycles. The first kappa shape index (κ1) is 24.2. The van der Waals surface area contributed by atoms with Gasteiger partial charge in [-0.3, -0.25) is 4.79 Å². The highest BCUT2D eigenvalue weighted by molar-refractivity contribution is 5.97. The van der Waals surface area contributed by atoms with Gasteiger partial charge in [-0.05, 0) is 43.0 Å². The van der Waals surface area contributed by atoms with Gasteiger partial charge in [-0.1, -0.05) is 30.3 Å². The average molecular weight is 447 g/mol. The maximum atomic E-state index is 13.0. The fourth-order valence-corrected chi connectivity index (χ4v) is 2.87. The number of hydrogen-bond acceptors (Lipinski definition) is 3. The summed E-state index contributed by atoms with van der Waals surface area (Å²) in [6.07, 6.45) is -9.13. The number of halogens is 6. The number of ether oxygens (including phenoxy) is 1. The minimum absolute atomic E-state index is 0.0750. The Morgan fingerprint density at radius 3 is 1.97 bits per heavy atom. The lowest BCUT2D eigenvalue weighted by Crippen LogP contribution is -2.41. The molecule has 0 fully saturated rings. The van der Waals surface area contributed by atoms with Crippen LogP contribution in [-0.2, 0) is 28.3 Å². The highest BCUT2D eigenvalue weighted by Gasteiger charge is 2.37. The van der Waals surface area contributed by atoms with Crippen LogP contribution in [0.4, 0.5) is 26.3 Å². The minimum Gasteiger partial charge on any atom is -0.467 e. The lowest BCUT2D eigenvalue weighted by Gasteiger charge is -2.18. The van der Waals surface area contributed by atoms with Crippen molar-refractivity contribution in [1.29, 1.82) is 0 Å². The van der Waals surface area contributed by atoms with Crippen LogP contribution >= 0.6 is 0 Å².